The first-order chi connectivity index (χ1) is 11.4. The number of sulfonamides is 1. The molecule has 4 N–H and O–H groups in total. The van der Waals surface area contributed by atoms with E-state index < -0.39 is 16.1 Å². The number of nitrogens with zero attached hydrogens (tertiary/aromatic N) is 1. The lowest BCUT2D eigenvalue weighted by Gasteiger charge is -2.16. The van der Waals surface area contributed by atoms with Crippen LogP contribution in [0, 0.1) is 12.5 Å². The van der Waals surface area contributed by atoms with E-state index in [1.165, 1.54) is 12.1 Å². The average molecular weight is 374 g/mol. The third kappa shape index (κ3) is 4.75. The minimum Gasteiger partial charge on any atom is -0.394 e. The van der Waals surface area contributed by atoms with Crippen molar-refractivity contribution in [2.45, 2.75) is 23.5 Å². The number of nitrogens with one attached hydrogen (secondary N) is 2. The summed E-state index contributed by atoms with van der Waals surface area (Å²) in [5.74, 6) is 0. The summed E-state index contributed by atoms with van der Waals surface area (Å²) in [6.45, 7) is 0.789. The number of benzene rings is 1. The predicted octanol–water partition coefficient (Wildman–Crippen LogP) is 0.0484. The van der Waals surface area contributed by atoms with Crippen molar-refractivity contribution in [2.75, 3.05) is 31.6 Å². The van der Waals surface area contributed by atoms with E-state index in [-0.39, 0.29) is 29.1 Å². The van der Waals surface area contributed by atoms with E-state index in [0.29, 0.717) is 25.2 Å². The van der Waals surface area contributed by atoms with Crippen LogP contribution >= 0.6 is 11.6 Å². The van der Waals surface area contributed by atoms with Gasteiger partial charge < -0.3 is 20.4 Å². The first-order valence-corrected chi connectivity index (χ1v) is 9.27. The zero-order chi connectivity index (χ0) is 17.7. The first-order valence-electron chi connectivity index (χ1n) is 7.41. The molecule has 1 aliphatic rings. The highest BCUT2D eigenvalue weighted by Crippen LogP contribution is 2.26. The second-order valence-corrected chi connectivity index (χ2v) is 7.63. The van der Waals surface area contributed by atoms with Crippen molar-refractivity contribution in [3.8, 4) is 12.5 Å². The van der Waals surface area contributed by atoms with Crippen molar-refractivity contribution >= 4 is 27.3 Å². The van der Waals surface area contributed by atoms with E-state index >= 15 is 0 Å². The van der Waals surface area contributed by atoms with Gasteiger partial charge in [-0.15, -0.1) is 0 Å². The summed E-state index contributed by atoms with van der Waals surface area (Å²) < 4.78 is 27.7. The Morgan fingerprint density at radius 3 is 2.88 bits per heavy atom. The van der Waals surface area contributed by atoms with Gasteiger partial charge in [0, 0.05) is 37.4 Å². The smallest absolute Gasteiger partial charge is 0.242 e. The number of aliphatic hydroxyl groups excluding tert-OH is 2. The molecule has 1 aromatic rings. The van der Waals surface area contributed by atoms with E-state index in [1.54, 1.807) is 11.0 Å². The zero-order valence-electron chi connectivity index (χ0n) is 12.9. The third-order valence-electron chi connectivity index (χ3n) is 3.67. The van der Waals surface area contributed by atoms with Crippen LogP contribution in [0.25, 0.3) is 0 Å². The maximum atomic E-state index is 12.6. The molecule has 0 aromatic heterocycles. The molecular formula is C15H20ClN3O4S. The van der Waals surface area contributed by atoms with Gasteiger partial charge in [-0.1, -0.05) is 18.0 Å². The Hall–Kier alpha value is -1.50. The fourth-order valence-electron chi connectivity index (χ4n) is 2.38. The fraction of sp³-hybridized carbons (Fsp3) is 0.467. The van der Waals surface area contributed by atoms with Crippen molar-refractivity contribution < 1.29 is 18.6 Å². The Labute approximate surface area is 146 Å². The lowest BCUT2D eigenvalue weighted by atomic mass is 10.3. The molecule has 9 heteroatoms. The van der Waals surface area contributed by atoms with Crippen LogP contribution in [0.5, 0.6) is 0 Å². The average Bonchev–Trinajstić information content (AvgIpc) is 3.00. The number of terminal acetylenes is 1. The monoisotopic (exact) mass is 373 g/mol. The fourth-order valence-corrected chi connectivity index (χ4v) is 4.16. The topological polar surface area (TPSA) is 102 Å². The molecule has 1 aromatic carbocycles. The highest BCUT2D eigenvalue weighted by Gasteiger charge is 2.27. The first kappa shape index (κ1) is 18.8. The SMILES string of the molecule is C#CN1CCC(NS(=O)(=O)c2cc(NCC(O)CO)ccc2Cl)C1. The second-order valence-electron chi connectivity index (χ2n) is 5.54. The Bertz CT molecular complexity index is 720. The van der Waals surface area contributed by atoms with Crippen molar-refractivity contribution in [1.82, 2.24) is 9.62 Å². The minimum atomic E-state index is -3.80. The van der Waals surface area contributed by atoms with Gasteiger partial charge in [0.1, 0.15) is 4.90 Å². The number of hydrogen-bond acceptors (Lipinski definition) is 6. The van der Waals surface area contributed by atoms with Crippen LogP contribution in [0.4, 0.5) is 5.69 Å². The highest BCUT2D eigenvalue weighted by atomic mass is 35.5. The van der Waals surface area contributed by atoms with Crippen molar-refractivity contribution in [1.29, 1.82) is 0 Å². The number of rotatable bonds is 7. The molecule has 0 aliphatic carbocycles. The molecule has 1 saturated heterocycles. The molecule has 1 heterocycles. The number of likely N-dealkylation sites (tertiary alicyclic amines) is 1. The zero-order valence-corrected chi connectivity index (χ0v) is 14.5. The summed E-state index contributed by atoms with van der Waals surface area (Å²) in [5.41, 5.74) is 0.476. The van der Waals surface area contributed by atoms with Crippen LogP contribution in [0.15, 0.2) is 23.1 Å². The van der Waals surface area contributed by atoms with Crippen LogP contribution in [-0.2, 0) is 10.0 Å². The van der Waals surface area contributed by atoms with Gasteiger partial charge in [-0.05, 0) is 24.6 Å². The van der Waals surface area contributed by atoms with E-state index in [0.717, 1.165) is 0 Å². The van der Waals surface area contributed by atoms with Gasteiger partial charge in [0.2, 0.25) is 10.0 Å². The van der Waals surface area contributed by atoms with Gasteiger partial charge in [0.25, 0.3) is 0 Å². The maximum Gasteiger partial charge on any atom is 0.242 e. The number of hydrogen-bond donors (Lipinski definition) is 4. The van der Waals surface area contributed by atoms with Gasteiger partial charge in [-0.2, -0.15) is 0 Å². The Kier molecular flexibility index (Phi) is 6.32. The Balaban J connectivity index is 2.12. The molecule has 132 valence electrons. The summed E-state index contributed by atoms with van der Waals surface area (Å²) in [7, 11) is -3.80. The lowest BCUT2D eigenvalue weighted by Crippen LogP contribution is -2.36. The van der Waals surface area contributed by atoms with E-state index in [1.807, 2.05) is 0 Å². The maximum absolute atomic E-state index is 12.6. The van der Waals surface area contributed by atoms with Gasteiger partial charge in [-0.3, -0.25) is 0 Å². The number of halogens is 1. The molecule has 7 nitrogen and oxygen atoms in total. The molecule has 0 amide bonds. The van der Waals surface area contributed by atoms with Gasteiger partial charge in [-0.25, -0.2) is 13.1 Å². The van der Waals surface area contributed by atoms with Gasteiger partial charge in [0.05, 0.1) is 17.7 Å². The summed E-state index contributed by atoms with van der Waals surface area (Å²) in [5, 5.41) is 21.1. The molecule has 2 unspecified atom stereocenters. The molecule has 24 heavy (non-hydrogen) atoms. The summed E-state index contributed by atoms with van der Waals surface area (Å²) >= 11 is 6.03. The summed E-state index contributed by atoms with van der Waals surface area (Å²) in [6.07, 6.45) is 5.00. The molecule has 0 saturated carbocycles. The molecule has 2 rings (SSSR count). The van der Waals surface area contributed by atoms with Crippen molar-refractivity contribution in [3.05, 3.63) is 23.2 Å². The predicted molar refractivity (Wildman–Crippen MR) is 92.2 cm³/mol. The number of aliphatic hydroxyl groups is 2. The lowest BCUT2D eigenvalue weighted by molar-refractivity contribution is 0.105. The minimum absolute atomic E-state index is 0.0492. The van der Waals surface area contributed by atoms with Gasteiger partial charge >= 0.3 is 0 Å². The normalized spacial score (nSPS) is 19.1. The van der Waals surface area contributed by atoms with Crippen molar-refractivity contribution in [2.24, 2.45) is 0 Å². The van der Waals surface area contributed by atoms with Crippen LogP contribution in [0.1, 0.15) is 6.42 Å². The molecule has 2 atom stereocenters. The highest BCUT2D eigenvalue weighted by molar-refractivity contribution is 7.89. The molecule has 0 bridgehead atoms. The van der Waals surface area contributed by atoms with E-state index in [4.69, 9.17) is 23.1 Å². The Morgan fingerprint density at radius 2 is 2.25 bits per heavy atom. The molecule has 1 aliphatic heterocycles. The van der Waals surface area contributed by atoms with Gasteiger partial charge in [0.15, 0.2) is 0 Å². The van der Waals surface area contributed by atoms with Crippen LogP contribution in [0.3, 0.4) is 0 Å². The largest absolute Gasteiger partial charge is 0.394 e. The third-order valence-corrected chi connectivity index (χ3v) is 5.67. The summed E-state index contributed by atoms with van der Waals surface area (Å²) in [6, 6.07) is 6.68. The second kappa shape index (κ2) is 8.05. The molecule has 0 radical (unpaired) electrons. The molecular weight excluding hydrogens is 354 g/mol. The number of anilines is 1. The molecule has 1 fully saturated rings. The molecule has 0 spiro atoms. The van der Waals surface area contributed by atoms with E-state index in [9.17, 15) is 13.5 Å². The summed E-state index contributed by atoms with van der Waals surface area (Å²) in [4.78, 5) is 1.66. The van der Waals surface area contributed by atoms with Crippen LogP contribution in [0.2, 0.25) is 5.02 Å². The van der Waals surface area contributed by atoms with Crippen LogP contribution < -0.4 is 10.0 Å². The van der Waals surface area contributed by atoms with Crippen molar-refractivity contribution in [3.63, 3.8) is 0 Å². The van der Waals surface area contributed by atoms with Crippen LogP contribution in [-0.4, -0.2) is 61.9 Å². The Morgan fingerprint density at radius 1 is 1.50 bits per heavy atom. The standard InChI is InChI=1S/C15H20ClN3O4S/c1-2-19-6-5-12(9-19)18-24(22,23)15-7-11(3-4-14(15)16)17-8-13(21)10-20/h1,3-4,7,12-13,17-18,20-21H,5-6,8-10H2. The van der Waals surface area contributed by atoms with E-state index in [2.05, 4.69) is 16.1 Å². The quantitative estimate of drug-likeness (QED) is 0.504.